The van der Waals surface area contributed by atoms with Gasteiger partial charge in [-0.05, 0) is 24.3 Å². The van der Waals surface area contributed by atoms with Crippen LogP contribution < -0.4 is 0 Å². The first-order valence-electron chi connectivity index (χ1n) is 10.3. The molecule has 0 spiro atoms. The molecule has 0 bridgehead atoms. The summed E-state index contributed by atoms with van der Waals surface area (Å²) in [6.07, 6.45) is 5.30. The number of amides is 1. The number of carbonyl (C=O) groups is 1. The lowest BCUT2D eigenvalue weighted by molar-refractivity contribution is -0.130. The zero-order chi connectivity index (χ0) is 22.4. The van der Waals surface area contributed by atoms with Gasteiger partial charge in [-0.1, -0.05) is 30.0 Å². The Bertz CT molecular complexity index is 1470. The van der Waals surface area contributed by atoms with Crippen LogP contribution in [0.2, 0.25) is 0 Å². The van der Waals surface area contributed by atoms with Gasteiger partial charge in [-0.3, -0.25) is 9.48 Å². The van der Waals surface area contributed by atoms with Crippen molar-refractivity contribution < 1.29 is 13.6 Å². The van der Waals surface area contributed by atoms with E-state index in [9.17, 15) is 4.79 Å². The fraction of sp³-hybridized carbons (Fsp3) is 0.174. The van der Waals surface area contributed by atoms with E-state index < -0.39 is 0 Å². The minimum absolute atomic E-state index is 0.150. The van der Waals surface area contributed by atoms with Gasteiger partial charge in [-0.25, -0.2) is 15.0 Å². The monoisotopic (exact) mass is 458 g/mol. The molecule has 164 valence electrons. The van der Waals surface area contributed by atoms with Gasteiger partial charge in [0.15, 0.2) is 11.4 Å². The molecule has 1 amide bonds. The first kappa shape index (κ1) is 19.7. The van der Waals surface area contributed by atoms with Crippen LogP contribution >= 0.6 is 11.8 Å². The minimum Gasteiger partial charge on any atom is -0.467 e. The Balaban J connectivity index is 1.28. The van der Waals surface area contributed by atoms with Crippen molar-refractivity contribution in [3.63, 3.8) is 0 Å². The van der Waals surface area contributed by atoms with Crippen LogP contribution in [0.5, 0.6) is 0 Å². The molecule has 0 saturated heterocycles. The van der Waals surface area contributed by atoms with Crippen LogP contribution in [0.25, 0.3) is 22.0 Å². The maximum atomic E-state index is 13.3. The third-order valence-corrected chi connectivity index (χ3v) is 6.56. The van der Waals surface area contributed by atoms with Gasteiger partial charge in [0.25, 0.3) is 5.91 Å². The van der Waals surface area contributed by atoms with Crippen molar-refractivity contribution in [3.8, 4) is 0 Å². The Hall–Kier alpha value is -3.92. The highest BCUT2D eigenvalue weighted by Crippen LogP contribution is 2.35. The molecule has 4 aromatic heterocycles. The number of furan rings is 2. The maximum Gasteiger partial charge on any atom is 0.253 e. The van der Waals surface area contributed by atoms with Crippen LogP contribution in [-0.2, 0) is 11.8 Å². The smallest absolute Gasteiger partial charge is 0.253 e. The number of aromatic nitrogens is 4. The lowest BCUT2D eigenvalue weighted by atomic mass is 10.1. The van der Waals surface area contributed by atoms with E-state index >= 15 is 0 Å². The molecule has 1 atom stereocenters. The molecule has 10 heteroatoms. The van der Waals surface area contributed by atoms with Crippen molar-refractivity contribution in [1.82, 2.24) is 24.8 Å². The molecule has 9 nitrogen and oxygen atoms in total. The molecule has 6 rings (SSSR count). The van der Waals surface area contributed by atoms with E-state index in [4.69, 9.17) is 8.83 Å². The third-order valence-electron chi connectivity index (χ3n) is 5.57. The highest BCUT2D eigenvalue weighted by atomic mass is 32.2. The summed E-state index contributed by atoms with van der Waals surface area (Å²) in [4.78, 5) is 21.9. The predicted octanol–water partition coefficient (Wildman–Crippen LogP) is 4.17. The van der Waals surface area contributed by atoms with E-state index in [0.29, 0.717) is 28.7 Å². The summed E-state index contributed by atoms with van der Waals surface area (Å²) in [6, 6.07) is 13.1. The van der Waals surface area contributed by atoms with Crippen LogP contribution in [-0.4, -0.2) is 42.1 Å². The number of rotatable bonds is 5. The molecule has 0 fully saturated rings. The average molecular weight is 459 g/mol. The molecular weight excluding hydrogens is 440 g/mol. The van der Waals surface area contributed by atoms with Crippen molar-refractivity contribution >= 4 is 45.4 Å². The fourth-order valence-corrected chi connectivity index (χ4v) is 4.78. The van der Waals surface area contributed by atoms with Crippen molar-refractivity contribution in [3.05, 3.63) is 72.8 Å². The van der Waals surface area contributed by atoms with E-state index in [1.807, 2.05) is 49.5 Å². The summed E-state index contributed by atoms with van der Waals surface area (Å²) in [5.74, 6) is 1.35. The molecule has 33 heavy (non-hydrogen) atoms. The SMILES string of the molecule is Cn1ncc2c(SCC(=O)N3N=C(c4cc5ccccc5o4)CC3c3ccco3)ncnc21. The zero-order valence-corrected chi connectivity index (χ0v) is 18.4. The number of hydrogen-bond acceptors (Lipinski definition) is 8. The molecule has 0 saturated carbocycles. The maximum absolute atomic E-state index is 13.3. The van der Waals surface area contributed by atoms with Gasteiger partial charge >= 0.3 is 0 Å². The van der Waals surface area contributed by atoms with E-state index in [1.165, 1.54) is 23.1 Å². The van der Waals surface area contributed by atoms with Gasteiger partial charge in [0, 0.05) is 18.9 Å². The zero-order valence-electron chi connectivity index (χ0n) is 17.6. The average Bonchev–Trinajstić information content (AvgIpc) is 3.62. The van der Waals surface area contributed by atoms with Gasteiger partial charge in [0.2, 0.25) is 0 Å². The van der Waals surface area contributed by atoms with Crippen molar-refractivity contribution in [2.45, 2.75) is 17.5 Å². The summed E-state index contributed by atoms with van der Waals surface area (Å²) in [6.45, 7) is 0. The minimum atomic E-state index is -0.333. The van der Waals surface area contributed by atoms with Crippen molar-refractivity contribution in [2.24, 2.45) is 12.1 Å². The molecule has 5 aromatic rings. The molecule has 1 aliphatic heterocycles. The lowest BCUT2D eigenvalue weighted by Gasteiger charge is -2.19. The standard InChI is InChI=1S/C23H18N6O3S/c1-28-22-15(11-26-28)23(25-13-24-22)33-12-21(30)29-17(19-7-4-8-31-19)10-16(27-29)20-9-14-5-2-3-6-18(14)32-20/h2-9,11,13,17H,10,12H2,1H3. The number of para-hydroxylation sites is 1. The number of fused-ring (bicyclic) bond motifs is 2. The Kier molecular flexibility index (Phi) is 4.72. The van der Waals surface area contributed by atoms with Crippen LogP contribution in [0.15, 0.2) is 80.2 Å². The molecule has 1 aliphatic rings. The fourth-order valence-electron chi connectivity index (χ4n) is 3.97. The third kappa shape index (κ3) is 3.48. The second kappa shape index (κ2) is 7.89. The van der Waals surface area contributed by atoms with Crippen LogP contribution in [0.3, 0.4) is 0 Å². The number of hydrogen-bond donors (Lipinski definition) is 0. The number of nitrogens with zero attached hydrogens (tertiary/aromatic N) is 6. The van der Waals surface area contributed by atoms with Crippen LogP contribution in [0, 0.1) is 0 Å². The largest absolute Gasteiger partial charge is 0.467 e. The number of carbonyl (C=O) groups excluding carboxylic acids is 1. The normalized spacial score (nSPS) is 16.1. The van der Waals surface area contributed by atoms with Crippen LogP contribution in [0.1, 0.15) is 24.0 Å². The summed E-state index contributed by atoms with van der Waals surface area (Å²) in [5, 5.41) is 12.9. The summed E-state index contributed by atoms with van der Waals surface area (Å²) in [7, 11) is 1.82. The Morgan fingerprint density at radius 2 is 2.12 bits per heavy atom. The van der Waals surface area contributed by atoms with Gasteiger partial charge in [-0.15, -0.1) is 0 Å². The number of benzene rings is 1. The second-order valence-corrected chi connectivity index (χ2v) is 8.61. The Morgan fingerprint density at radius 3 is 2.97 bits per heavy atom. The molecule has 0 aliphatic carbocycles. The lowest BCUT2D eigenvalue weighted by Crippen LogP contribution is -2.28. The van der Waals surface area contributed by atoms with Gasteiger partial charge in [0.1, 0.15) is 34.5 Å². The first-order chi connectivity index (χ1) is 16.2. The predicted molar refractivity (Wildman–Crippen MR) is 123 cm³/mol. The second-order valence-electron chi connectivity index (χ2n) is 7.64. The molecule has 1 aromatic carbocycles. The number of aryl methyl sites for hydroxylation is 1. The van der Waals surface area contributed by atoms with E-state index in [2.05, 4.69) is 20.2 Å². The van der Waals surface area contributed by atoms with Gasteiger partial charge in [0.05, 0.1) is 23.6 Å². The quantitative estimate of drug-likeness (QED) is 0.288. The molecule has 0 radical (unpaired) electrons. The summed E-state index contributed by atoms with van der Waals surface area (Å²) < 4.78 is 13.3. The van der Waals surface area contributed by atoms with Crippen molar-refractivity contribution in [1.29, 1.82) is 0 Å². The molecule has 5 heterocycles. The van der Waals surface area contributed by atoms with Gasteiger partial charge < -0.3 is 8.83 Å². The highest BCUT2D eigenvalue weighted by molar-refractivity contribution is 8.00. The van der Waals surface area contributed by atoms with Crippen molar-refractivity contribution in [2.75, 3.05) is 5.75 Å². The Morgan fingerprint density at radius 1 is 1.21 bits per heavy atom. The van der Waals surface area contributed by atoms with E-state index in [-0.39, 0.29) is 17.7 Å². The first-order valence-corrected chi connectivity index (χ1v) is 11.3. The number of hydrazone groups is 1. The molecular formula is C23H18N6O3S. The summed E-state index contributed by atoms with van der Waals surface area (Å²) in [5.41, 5.74) is 2.22. The van der Waals surface area contributed by atoms with E-state index in [1.54, 1.807) is 17.1 Å². The molecule has 0 N–H and O–H groups in total. The van der Waals surface area contributed by atoms with E-state index in [0.717, 1.165) is 22.0 Å². The number of thioether (sulfide) groups is 1. The summed E-state index contributed by atoms with van der Waals surface area (Å²) >= 11 is 1.34. The van der Waals surface area contributed by atoms with Gasteiger partial charge in [-0.2, -0.15) is 10.2 Å². The Labute approximate surface area is 192 Å². The molecule has 1 unspecified atom stereocenters. The highest BCUT2D eigenvalue weighted by Gasteiger charge is 2.36. The van der Waals surface area contributed by atoms with Crippen LogP contribution in [0.4, 0.5) is 0 Å². The topological polar surface area (TPSA) is 103 Å².